The van der Waals surface area contributed by atoms with Crippen LogP contribution in [-0.4, -0.2) is 61.0 Å². The Labute approximate surface area is 117 Å². The van der Waals surface area contributed by atoms with Crippen LogP contribution in [0.25, 0.3) is 0 Å². The zero-order valence-electron chi connectivity index (χ0n) is 12.5. The lowest BCUT2D eigenvalue weighted by molar-refractivity contribution is -0.135. The first-order valence-corrected chi connectivity index (χ1v) is 7.91. The minimum absolute atomic E-state index is 0.0825. The van der Waals surface area contributed by atoms with E-state index in [0.29, 0.717) is 11.8 Å². The molecule has 4 heteroatoms. The summed E-state index contributed by atoms with van der Waals surface area (Å²) in [6, 6.07) is 0.0825. The van der Waals surface area contributed by atoms with E-state index in [2.05, 4.69) is 29.0 Å². The second-order valence-corrected chi connectivity index (χ2v) is 6.38. The highest BCUT2D eigenvalue weighted by atomic mass is 16.2. The largest absolute Gasteiger partial charge is 0.339 e. The van der Waals surface area contributed by atoms with Gasteiger partial charge in [-0.15, -0.1) is 0 Å². The van der Waals surface area contributed by atoms with Crippen LogP contribution in [0.2, 0.25) is 0 Å². The minimum atomic E-state index is 0.0825. The van der Waals surface area contributed by atoms with Gasteiger partial charge in [0, 0.05) is 32.7 Å². The Hall–Kier alpha value is -0.610. The standard InChI is InChI=1S/C15H29N3O/c1-13(2)12-17-8-10-18(11-9-17)15(19)14-6-4-3-5-7-16-14/h13-14,16H,3-12H2,1-2H3. The van der Waals surface area contributed by atoms with Crippen LogP contribution < -0.4 is 5.32 Å². The van der Waals surface area contributed by atoms with Gasteiger partial charge in [-0.3, -0.25) is 9.69 Å². The number of amides is 1. The fourth-order valence-corrected chi connectivity index (χ4v) is 3.13. The SMILES string of the molecule is CC(C)CN1CCN(C(=O)C2CCCCCN2)CC1. The van der Waals surface area contributed by atoms with Crippen LogP contribution in [0.3, 0.4) is 0 Å². The molecule has 0 aromatic carbocycles. The highest BCUT2D eigenvalue weighted by Crippen LogP contribution is 2.13. The third-order valence-corrected chi connectivity index (χ3v) is 4.17. The van der Waals surface area contributed by atoms with Crippen molar-refractivity contribution in [1.82, 2.24) is 15.1 Å². The van der Waals surface area contributed by atoms with Gasteiger partial charge in [-0.25, -0.2) is 0 Å². The summed E-state index contributed by atoms with van der Waals surface area (Å²) in [5, 5.41) is 3.42. The van der Waals surface area contributed by atoms with E-state index in [1.54, 1.807) is 0 Å². The molecule has 19 heavy (non-hydrogen) atoms. The van der Waals surface area contributed by atoms with E-state index in [0.717, 1.165) is 45.7 Å². The van der Waals surface area contributed by atoms with Crippen LogP contribution in [0.1, 0.15) is 39.5 Å². The van der Waals surface area contributed by atoms with Crippen molar-refractivity contribution in [3.05, 3.63) is 0 Å². The first kappa shape index (κ1) is 14.8. The summed E-state index contributed by atoms with van der Waals surface area (Å²) in [7, 11) is 0. The number of carbonyl (C=O) groups is 1. The topological polar surface area (TPSA) is 35.6 Å². The second kappa shape index (κ2) is 7.25. The molecule has 0 saturated carbocycles. The molecular formula is C15H29N3O. The molecule has 0 aliphatic carbocycles. The Bertz CT molecular complexity index is 277. The highest BCUT2D eigenvalue weighted by molar-refractivity contribution is 5.82. The van der Waals surface area contributed by atoms with Crippen LogP contribution >= 0.6 is 0 Å². The number of hydrogen-bond acceptors (Lipinski definition) is 3. The van der Waals surface area contributed by atoms with Crippen molar-refractivity contribution in [2.45, 2.75) is 45.6 Å². The van der Waals surface area contributed by atoms with Gasteiger partial charge < -0.3 is 10.2 Å². The monoisotopic (exact) mass is 267 g/mol. The number of carbonyl (C=O) groups excluding carboxylic acids is 1. The van der Waals surface area contributed by atoms with Crippen molar-refractivity contribution >= 4 is 5.91 Å². The van der Waals surface area contributed by atoms with Crippen LogP contribution in [0.4, 0.5) is 0 Å². The Morgan fingerprint density at radius 2 is 1.89 bits per heavy atom. The van der Waals surface area contributed by atoms with Gasteiger partial charge in [0.25, 0.3) is 0 Å². The fourth-order valence-electron chi connectivity index (χ4n) is 3.13. The summed E-state index contributed by atoms with van der Waals surface area (Å²) >= 11 is 0. The third-order valence-electron chi connectivity index (χ3n) is 4.17. The van der Waals surface area contributed by atoms with Crippen LogP contribution in [-0.2, 0) is 4.79 Å². The summed E-state index contributed by atoms with van der Waals surface area (Å²) in [5.41, 5.74) is 0. The van der Waals surface area contributed by atoms with E-state index in [1.807, 2.05) is 0 Å². The summed E-state index contributed by atoms with van der Waals surface area (Å²) in [4.78, 5) is 17.0. The average molecular weight is 267 g/mol. The smallest absolute Gasteiger partial charge is 0.239 e. The van der Waals surface area contributed by atoms with Crippen molar-refractivity contribution in [2.24, 2.45) is 5.92 Å². The number of rotatable bonds is 3. The molecule has 1 atom stereocenters. The minimum Gasteiger partial charge on any atom is -0.339 e. The van der Waals surface area contributed by atoms with Gasteiger partial charge in [-0.1, -0.05) is 26.7 Å². The molecule has 1 unspecified atom stereocenters. The molecule has 110 valence electrons. The van der Waals surface area contributed by atoms with E-state index in [1.165, 1.54) is 19.3 Å². The predicted molar refractivity (Wildman–Crippen MR) is 78.1 cm³/mol. The summed E-state index contributed by atoms with van der Waals surface area (Å²) in [6.07, 6.45) is 4.69. The number of nitrogens with one attached hydrogen (secondary N) is 1. The van der Waals surface area contributed by atoms with Gasteiger partial charge in [-0.2, -0.15) is 0 Å². The van der Waals surface area contributed by atoms with Crippen LogP contribution in [0, 0.1) is 5.92 Å². The van der Waals surface area contributed by atoms with Crippen molar-refractivity contribution in [2.75, 3.05) is 39.3 Å². The molecule has 4 nitrogen and oxygen atoms in total. The molecule has 2 heterocycles. The molecular weight excluding hydrogens is 238 g/mol. The zero-order chi connectivity index (χ0) is 13.7. The second-order valence-electron chi connectivity index (χ2n) is 6.38. The Morgan fingerprint density at radius 3 is 2.58 bits per heavy atom. The van der Waals surface area contributed by atoms with Gasteiger partial charge >= 0.3 is 0 Å². The van der Waals surface area contributed by atoms with Gasteiger partial charge in [0.2, 0.25) is 5.91 Å². The molecule has 2 aliphatic heterocycles. The molecule has 2 aliphatic rings. The normalized spacial score (nSPS) is 26.5. The van der Waals surface area contributed by atoms with Gasteiger partial charge in [0.1, 0.15) is 0 Å². The maximum Gasteiger partial charge on any atom is 0.239 e. The lowest BCUT2D eigenvalue weighted by Gasteiger charge is -2.37. The van der Waals surface area contributed by atoms with E-state index < -0.39 is 0 Å². The predicted octanol–water partition coefficient (Wildman–Crippen LogP) is 1.32. The number of piperazine rings is 1. The maximum absolute atomic E-state index is 12.5. The molecule has 0 aromatic heterocycles. The first-order valence-electron chi connectivity index (χ1n) is 7.91. The Kier molecular flexibility index (Phi) is 5.64. The fraction of sp³-hybridized carbons (Fsp3) is 0.933. The van der Waals surface area contributed by atoms with Crippen molar-refractivity contribution in [3.63, 3.8) is 0 Å². The Morgan fingerprint density at radius 1 is 1.16 bits per heavy atom. The maximum atomic E-state index is 12.5. The number of nitrogens with zero attached hydrogens (tertiary/aromatic N) is 2. The van der Waals surface area contributed by atoms with Gasteiger partial charge in [0.15, 0.2) is 0 Å². The van der Waals surface area contributed by atoms with Gasteiger partial charge in [0.05, 0.1) is 6.04 Å². The van der Waals surface area contributed by atoms with Crippen molar-refractivity contribution in [1.29, 1.82) is 0 Å². The summed E-state index contributed by atoms with van der Waals surface area (Å²) < 4.78 is 0. The molecule has 0 bridgehead atoms. The van der Waals surface area contributed by atoms with Crippen molar-refractivity contribution < 1.29 is 4.79 Å². The highest BCUT2D eigenvalue weighted by Gasteiger charge is 2.27. The molecule has 0 aromatic rings. The summed E-state index contributed by atoms with van der Waals surface area (Å²) in [6.45, 7) is 10.6. The molecule has 1 amide bonds. The number of hydrogen-bond donors (Lipinski definition) is 1. The lowest BCUT2D eigenvalue weighted by atomic mass is 10.1. The van der Waals surface area contributed by atoms with Crippen molar-refractivity contribution in [3.8, 4) is 0 Å². The zero-order valence-corrected chi connectivity index (χ0v) is 12.5. The molecule has 2 rings (SSSR count). The summed E-state index contributed by atoms with van der Waals surface area (Å²) in [5.74, 6) is 1.05. The quantitative estimate of drug-likeness (QED) is 0.838. The average Bonchev–Trinajstić information content (AvgIpc) is 2.67. The van der Waals surface area contributed by atoms with E-state index >= 15 is 0 Å². The van der Waals surface area contributed by atoms with Crippen LogP contribution in [0.5, 0.6) is 0 Å². The van der Waals surface area contributed by atoms with Gasteiger partial charge in [-0.05, 0) is 25.3 Å². The molecule has 0 spiro atoms. The van der Waals surface area contributed by atoms with E-state index in [9.17, 15) is 4.79 Å². The molecule has 2 fully saturated rings. The molecule has 2 saturated heterocycles. The third kappa shape index (κ3) is 4.46. The van der Waals surface area contributed by atoms with E-state index in [-0.39, 0.29) is 6.04 Å². The molecule has 0 radical (unpaired) electrons. The van der Waals surface area contributed by atoms with E-state index in [4.69, 9.17) is 0 Å². The van der Waals surface area contributed by atoms with Crippen LogP contribution in [0.15, 0.2) is 0 Å². The lowest BCUT2D eigenvalue weighted by Crippen LogP contribution is -2.54. The molecule has 1 N–H and O–H groups in total. The Balaban J connectivity index is 1.78. The first-order chi connectivity index (χ1) is 9.16.